The minimum absolute atomic E-state index is 0.711. The first kappa shape index (κ1) is 32.0. The van der Waals surface area contributed by atoms with E-state index in [4.69, 9.17) is 18.3 Å². The molecule has 6 heteroatoms. The van der Waals surface area contributed by atoms with E-state index in [1.54, 1.807) is 0 Å². The summed E-state index contributed by atoms with van der Waals surface area (Å²) in [5.41, 5.74) is 1.72. The van der Waals surface area contributed by atoms with Crippen LogP contribution in [0.1, 0.15) is 90.9 Å². The summed E-state index contributed by atoms with van der Waals surface area (Å²) >= 11 is -4.94. The van der Waals surface area contributed by atoms with E-state index >= 15 is 0 Å². The Bertz CT molecular complexity index is 988. The molecule has 0 bridgehead atoms. The van der Waals surface area contributed by atoms with Gasteiger partial charge in [-0.15, -0.1) is 0 Å². The van der Waals surface area contributed by atoms with Gasteiger partial charge >= 0.3 is 228 Å². The molecule has 214 valence electrons. The first-order valence-corrected chi connectivity index (χ1v) is 35.3. The molecule has 2 aromatic heterocycles. The fourth-order valence-corrected chi connectivity index (χ4v) is 10.5. The third kappa shape index (κ3) is 8.75. The summed E-state index contributed by atoms with van der Waals surface area (Å²) in [4.78, 5) is 14.4. The third-order valence-corrected chi connectivity index (χ3v) is 17.2. The van der Waals surface area contributed by atoms with Crippen LogP contribution in [0.2, 0.25) is 29.6 Å². The Morgan fingerprint density at radius 1 is 0.526 bits per heavy atom. The van der Waals surface area contributed by atoms with Crippen molar-refractivity contribution in [3.05, 3.63) is 12.1 Å². The Morgan fingerprint density at radius 2 is 0.868 bits per heavy atom. The SMILES string of the molecule is CCCCCCCCOc1c2c[c]([Sn]([CH3])([CH3])[CH3])oc2c(OCCCCCCCC)c2c[c]([Sn]([CH3])([CH3])[CH3])oc12. The summed E-state index contributed by atoms with van der Waals surface area (Å²) in [5, 5.41) is 2.07. The standard InChI is InChI=1S/C26H36O4.6CH3.2Sn/c1-3-5-7-9-11-13-17-27-23-21-15-19-30-26(21)24(22-16-20-29-25(22)23)28-18-14-12-10-8-6-4-2;;;;;;;;/h15-16H,3-14,17-18H2,1-2H3;6*1H3;;. The monoisotopic (exact) mass is 742 g/mol. The molecule has 38 heavy (non-hydrogen) atoms. The maximum absolute atomic E-state index is 6.65. The number of hydrogen-bond donors (Lipinski definition) is 0. The van der Waals surface area contributed by atoms with E-state index in [0.717, 1.165) is 53.8 Å². The maximum atomic E-state index is 6.65. The van der Waals surface area contributed by atoms with E-state index in [0.29, 0.717) is 13.2 Å². The van der Waals surface area contributed by atoms with Crippen molar-refractivity contribution in [2.24, 2.45) is 0 Å². The van der Waals surface area contributed by atoms with Crippen LogP contribution in [0, 0.1) is 0 Å². The number of rotatable bonds is 18. The molecule has 0 aliphatic carbocycles. The van der Waals surface area contributed by atoms with E-state index in [1.165, 1.54) is 64.2 Å². The zero-order valence-electron chi connectivity index (χ0n) is 25.7. The Balaban J connectivity index is 1.96. The molecule has 3 rings (SSSR count). The number of furan rings is 2. The van der Waals surface area contributed by atoms with Gasteiger partial charge in [0, 0.05) is 0 Å². The molecule has 0 fully saturated rings. The van der Waals surface area contributed by atoms with Gasteiger partial charge in [0.1, 0.15) is 0 Å². The second-order valence-corrected chi connectivity index (χ2v) is 41.6. The predicted octanol–water partition coefficient (Wildman–Crippen LogP) is 9.75. The molecule has 2 heterocycles. The first-order valence-electron chi connectivity index (χ1n) is 15.4. The van der Waals surface area contributed by atoms with Crippen LogP contribution in [0.25, 0.3) is 21.9 Å². The average molecular weight is 740 g/mol. The van der Waals surface area contributed by atoms with Crippen LogP contribution in [0.15, 0.2) is 21.0 Å². The van der Waals surface area contributed by atoms with Gasteiger partial charge in [-0.3, -0.25) is 0 Å². The van der Waals surface area contributed by atoms with Crippen LogP contribution < -0.4 is 17.0 Å². The molecule has 0 amide bonds. The van der Waals surface area contributed by atoms with Gasteiger partial charge in [0.2, 0.25) is 0 Å². The molecule has 4 nitrogen and oxygen atoms in total. The fraction of sp³-hybridized carbons (Fsp3) is 0.688. The van der Waals surface area contributed by atoms with Crippen molar-refractivity contribution in [2.45, 2.75) is 121 Å². The summed E-state index contributed by atoms with van der Waals surface area (Å²) in [7, 11) is 0. The molecule has 0 spiro atoms. The molecule has 0 N–H and O–H groups in total. The van der Waals surface area contributed by atoms with E-state index < -0.39 is 36.8 Å². The second-order valence-electron chi connectivity index (χ2n) is 13.1. The first-order chi connectivity index (χ1) is 18.1. The van der Waals surface area contributed by atoms with Crippen LogP contribution in [-0.4, -0.2) is 50.0 Å². The van der Waals surface area contributed by atoms with E-state index in [1.807, 2.05) is 0 Å². The molecule has 0 saturated heterocycles. The summed E-state index contributed by atoms with van der Waals surface area (Å²) in [5.74, 6) is 1.73. The fourth-order valence-electron chi connectivity index (χ4n) is 4.84. The van der Waals surface area contributed by atoms with Crippen LogP contribution in [0.4, 0.5) is 0 Å². The molecule has 0 aliphatic rings. The molecule has 0 unspecified atom stereocenters. The molecule has 0 saturated carbocycles. The van der Waals surface area contributed by atoms with Gasteiger partial charge in [0.15, 0.2) is 0 Å². The zero-order valence-corrected chi connectivity index (χ0v) is 31.4. The zero-order chi connectivity index (χ0) is 27.8. The van der Waals surface area contributed by atoms with Gasteiger partial charge in [-0.2, -0.15) is 0 Å². The minimum atomic E-state index is -2.47. The normalized spacial score (nSPS) is 12.6. The van der Waals surface area contributed by atoms with Gasteiger partial charge in [-0.25, -0.2) is 0 Å². The quantitative estimate of drug-likeness (QED) is 0.0963. The van der Waals surface area contributed by atoms with Crippen molar-refractivity contribution in [1.29, 1.82) is 0 Å². The number of fused-ring (bicyclic) bond motifs is 2. The van der Waals surface area contributed by atoms with E-state index in [9.17, 15) is 0 Å². The number of hydrogen-bond acceptors (Lipinski definition) is 4. The summed E-state index contributed by atoms with van der Waals surface area (Å²) < 4.78 is 28.8. The molecule has 0 aliphatic heterocycles. The van der Waals surface area contributed by atoms with Gasteiger partial charge in [0.25, 0.3) is 0 Å². The Morgan fingerprint density at radius 3 is 1.21 bits per heavy atom. The number of ether oxygens (including phenoxy) is 2. The molecule has 0 radical (unpaired) electrons. The van der Waals surface area contributed by atoms with Crippen LogP contribution in [-0.2, 0) is 0 Å². The van der Waals surface area contributed by atoms with Crippen molar-refractivity contribution in [3.63, 3.8) is 0 Å². The Labute approximate surface area is 240 Å². The second kappa shape index (κ2) is 14.9. The van der Waals surface area contributed by atoms with Gasteiger partial charge < -0.3 is 0 Å². The Hall–Kier alpha value is -0.503. The van der Waals surface area contributed by atoms with Gasteiger partial charge in [-0.05, 0) is 0 Å². The van der Waals surface area contributed by atoms with Crippen molar-refractivity contribution >= 4 is 66.2 Å². The Kier molecular flexibility index (Phi) is 12.6. The molecular weight excluding hydrogens is 686 g/mol. The molecule has 3 aromatic rings. The van der Waals surface area contributed by atoms with Crippen LogP contribution in [0.3, 0.4) is 0 Å². The van der Waals surface area contributed by atoms with Crippen molar-refractivity contribution < 1.29 is 18.3 Å². The average Bonchev–Trinajstić information content (AvgIpc) is 3.49. The van der Waals surface area contributed by atoms with Crippen molar-refractivity contribution in [1.82, 2.24) is 0 Å². The van der Waals surface area contributed by atoms with Crippen LogP contribution in [0.5, 0.6) is 11.5 Å². The van der Waals surface area contributed by atoms with Crippen LogP contribution >= 0.6 is 0 Å². The van der Waals surface area contributed by atoms with Crippen molar-refractivity contribution in [3.8, 4) is 11.5 Å². The summed E-state index contributed by atoms with van der Waals surface area (Å²) in [6.07, 6.45) is 15.0. The molecule has 0 atom stereocenters. The van der Waals surface area contributed by atoms with E-state index in [-0.39, 0.29) is 0 Å². The van der Waals surface area contributed by atoms with Crippen molar-refractivity contribution in [2.75, 3.05) is 13.2 Å². The number of unbranched alkanes of at least 4 members (excludes halogenated alkanes) is 10. The molecular formula is C32H54O4Sn2. The van der Waals surface area contributed by atoms with Gasteiger partial charge in [-0.1, -0.05) is 13.8 Å². The predicted molar refractivity (Wildman–Crippen MR) is 170 cm³/mol. The van der Waals surface area contributed by atoms with E-state index in [2.05, 4.69) is 55.6 Å². The molecule has 1 aromatic carbocycles. The van der Waals surface area contributed by atoms with Gasteiger partial charge in [0.05, 0.1) is 0 Å². The summed E-state index contributed by atoms with van der Waals surface area (Å²) in [6.45, 7) is 5.95. The topological polar surface area (TPSA) is 44.7 Å². The number of benzene rings is 1. The third-order valence-electron chi connectivity index (χ3n) is 7.33. The summed E-state index contributed by atoms with van der Waals surface area (Å²) in [6, 6.07) is 4.50.